The second kappa shape index (κ2) is 3.81. The monoisotopic (exact) mass is 239 g/mol. The standard InChI is InChI=1S/C11H14BrN/c12-10-4-1-8(2-5-10)11-6-3-9(11)7-13/h1-2,4-5,9,11H,3,6-7,13H2. The second-order valence-corrected chi connectivity index (χ2v) is 4.65. The summed E-state index contributed by atoms with van der Waals surface area (Å²) >= 11 is 3.44. The Bertz CT molecular complexity index is 279. The summed E-state index contributed by atoms with van der Waals surface area (Å²) in [5.74, 6) is 1.44. The van der Waals surface area contributed by atoms with Crippen molar-refractivity contribution >= 4 is 15.9 Å². The van der Waals surface area contributed by atoms with Crippen LogP contribution in [0, 0.1) is 5.92 Å². The number of hydrogen-bond acceptors (Lipinski definition) is 1. The Kier molecular flexibility index (Phi) is 2.70. The Morgan fingerprint density at radius 2 is 1.92 bits per heavy atom. The van der Waals surface area contributed by atoms with Crippen molar-refractivity contribution in [3.05, 3.63) is 34.3 Å². The van der Waals surface area contributed by atoms with E-state index in [4.69, 9.17) is 5.73 Å². The molecule has 0 radical (unpaired) electrons. The van der Waals surface area contributed by atoms with Gasteiger partial charge in [0.25, 0.3) is 0 Å². The van der Waals surface area contributed by atoms with Crippen LogP contribution in [0.15, 0.2) is 28.7 Å². The lowest BCUT2D eigenvalue weighted by Crippen LogP contribution is -2.30. The summed E-state index contributed by atoms with van der Waals surface area (Å²) in [6.45, 7) is 0.834. The van der Waals surface area contributed by atoms with Gasteiger partial charge in [-0.2, -0.15) is 0 Å². The fourth-order valence-corrected chi connectivity index (χ4v) is 2.26. The third kappa shape index (κ3) is 1.79. The summed E-state index contributed by atoms with van der Waals surface area (Å²) < 4.78 is 1.15. The highest BCUT2D eigenvalue weighted by Gasteiger charge is 2.30. The van der Waals surface area contributed by atoms with E-state index in [1.165, 1.54) is 18.4 Å². The van der Waals surface area contributed by atoms with Crippen LogP contribution in [0.2, 0.25) is 0 Å². The van der Waals surface area contributed by atoms with Gasteiger partial charge in [-0.25, -0.2) is 0 Å². The molecule has 2 atom stereocenters. The summed E-state index contributed by atoms with van der Waals surface area (Å²) in [6, 6.07) is 8.63. The SMILES string of the molecule is NCC1CCC1c1ccc(Br)cc1. The third-order valence-electron chi connectivity index (χ3n) is 3.02. The van der Waals surface area contributed by atoms with E-state index in [-0.39, 0.29) is 0 Å². The lowest BCUT2D eigenvalue weighted by Gasteiger charge is -2.36. The number of halogens is 1. The highest BCUT2D eigenvalue weighted by atomic mass is 79.9. The summed E-state index contributed by atoms with van der Waals surface area (Å²) in [5.41, 5.74) is 7.13. The first kappa shape index (κ1) is 9.22. The van der Waals surface area contributed by atoms with Crippen molar-refractivity contribution in [2.75, 3.05) is 6.54 Å². The molecule has 1 aromatic carbocycles. The summed E-state index contributed by atoms with van der Waals surface area (Å²) in [7, 11) is 0. The largest absolute Gasteiger partial charge is 0.330 e. The first-order valence-corrected chi connectivity index (χ1v) is 5.56. The minimum Gasteiger partial charge on any atom is -0.330 e. The summed E-state index contributed by atoms with van der Waals surface area (Å²) in [4.78, 5) is 0. The maximum absolute atomic E-state index is 5.68. The normalized spacial score (nSPS) is 26.9. The summed E-state index contributed by atoms with van der Waals surface area (Å²) in [5, 5.41) is 0. The van der Waals surface area contributed by atoms with Crippen molar-refractivity contribution in [1.29, 1.82) is 0 Å². The van der Waals surface area contributed by atoms with Crippen molar-refractivity contribution < 1.29 is 0 Å². The molecule has 2 N–H and O–H groups in total. The Hall–Kier alpha value is -0.340. The van der Waals surface area contributed by atoms with Crippen molar-refractivity contribution in [3.63, 3.8) is 0 Å². The average molecular weight is 240 g/mol. The van der Waals surface area contributed by atoms with E-state index < -0.39 is 0 Å². The molecule has 2 heteroatoms. The molecule has 0 aromatic heterocycles. The van der Waals surface area contributed by atoms with E-state index in [0.717, 1.165) is 22.9 Å². The number of benzene rings is 1. The topological polar surface area (TPSA) is 26.0 Å². The van der Waals surface area contributed by atoms with Crippen LogP contribution in [0.4, 0.5) is 0 Å². The van der Waals surface area contributed by atoms with E-state index in [9.17, 15) is 0 Å². The van der Waals surface area contributed by atoms with E-state index in [1.54, 1.807) is 0 Å². The molecular formula is C11H14BrN. The maximum Gasteiger partial charge on any atom is 0.0175 e. The van der Waals surface area contributed by atoms with Gasteiger partial charge in [0, 0.05) is 4.47 Å². The Morgan fingerprint density at radius 3 is 2.38 bits per heavy atom. The predicted molar refractivity (Wildman–Crippen MR) is 58.7 cm³/mol. The minimum absolute atomic E-state index is 0.720. The first-order valence-electron chi connectivity index (χ1n) is 4.77. The van der Waals surface area contributed by atoms with Gasteiger partial charge in [0.15, 0.2) is 0 Å². The molecule has 0 amide bonds. The number of nitrogens with two attached hydrogens (primary N) is 1. The zero-order chi connectivity index (χ0) is 9.26. The van der Waals surface area contributed by atoms with Gasteiger partial charge >= 0.3 is 0 Å². The molecule has 1 fully saturated rings. The highest BCUT2D eigenvalue weighted by Crippen LogP contribution is 2.41. The van der Waals surface area contributed by atoms with Crippen LogP contribution in [-0.2, 0) is 0 Å². The van der Waals surface area contributed by atoms with Crippen LogP contribution in [0.1, 0.15) is 24.3 Å². The molecule has 13 heavy (non-hydrogen) atoms. The lowest BCUT2D eigenvalue weighted by atomic mass is 9.70. The lowest BCUT2D eigenvalue weighted by molar-refractivity contribution is 0.263. The fraction of sp³-hybridized carbons (Fsp3) is 0.455. The van der Waals surface area contributed by atoms with Crippen molar-refractivity contribution in [2.45, 2.75) is 18.8 Å². The minimum atomic E-state index is 0.720. The van der Waals surface area contributed by atoms with Crippen molar-refractivity contribution in [2.24, 2.45) is 11.7 Å². The van der Waals surface area contributed by atoms with Gasteiger partial charge in [-0.15, -0.1) is 0 Å². The first-order chi connectivity index (χ1) is 6.31. The summed E-state index contributed by atoms with van der Waals surface area (Å²) in [6.07, 6.45) is 2.61. The van der Waals surface area contributed by atoms with E-state index in [1.807, 2.05) is 0 Å². The molecule has 70 valence electrons. The third-order valence-corrected chi connectivity index (χ3v) is 3.55. The van der Waals surface area contributed by atoms with Crippen molar-refractivity contribution in [3.8, 4) is 0 Å². The van der Waals surface area contributed by atoms with Crippen molar-refractivity contribution in [1.82, 2.24) is 0 Å². The zero-order valence-corrected chi connectivity index (χ0v) is 9.13. The van der Waals surface area contributed by atoms with E-state index in [0.29, 0.717) is 0 Å². The molecule has 2 unspecified atom stereocenters. The highest BCUT2D eigenvalue weighted by molar-refractivity contribution is 9.10. The van der Waals surface area contributed by atoms with Gasteiger partial charge < -0.3 is 5.73 Å². The van der Waals surface area contributed by atoms with E-state index >= 15 is 0 Å². The van der Waals surface area contributed by atoms with Crippen LogP contribution >= 0.6 is 15.9 Å². The number of hydrogen-bond donors (Lipinski definition) is 1. The molecular weight excluding hydrogens is 226 g/mol. The molecule has 1 aliphatic rings. The quantitative estimate of drug-likeness (QED) is 0.845. The molecule has 2 rings (SSSR count). The van der Waals surface area contributed by atoms with Gasteiger partial charge in [-0.05, 0) is 48.9 Å². The van der Waals surface area contributed by atoms with Crippen LogP contribution < -0.4 is 5.73 Å². The van der Waals surface area contributed by atoms with Gasteiger partial charge in [0.05, 0.1) is 0 Å². The molecule has 0 aliphatic heterocycles. The maximum atomic E-state index is 5.68. The van der Waals surface area contributed by atoms with Gasteiger partial charge in [-0.1, -0.05) is 28.1 Å². The molecule has 0 heterocycles. The van der Waals surface area contributed by atoms with Crippen LogP contribution in [0.5, 0.6) is 0 Å². The number of rotatable bonds is 2. The van der Waals surface area contributed by atoms with Crippen LogP contribution in [0.25, 0.3) is 0 Å². The average Bonchev–Trinajstić information content (AvgIpc) is 2.08. The molecule has 1 nitrogen and oxygen atoms in total. The van der Waals surface area contributed by atoms with Crippen LogP contribution in [-0.4, -0.2) is 6.54 Å². The molecule has 1 saturated carbocycles. The Morgan fingerprint density at radius 1 is 1.23 bits per heavy atom. The molecule has 1 aliphatic carbocycles. The van der Waals surface area contributed by atoms with E-state index in [2.05, 4.69) is 40.2 Å². The molecule has 1 aromatic rings. The molecule has 0 spiro atoms. The zero-order valence-electron chi connectivity index (χ0n) is 7.54. The predicted octanol–water partition coefficient (Wildman–Crippen LogP) is 2.90. The van der Waals surface area contributed by atoms with Gasteiger partial charge in [0.2, 0.25) is 0 Å². The molecule has 0 saturated heterocycles. The Balaban J connectivity index is 2.12. The Labute approximate surface area is 87.5 Å². The fourth-order valence-electron chi connectivity index (χ4n) is 2.00. The van der Waals surface area contributed by atoms with Gasteiger partial charge in [-0.3, -0.25) is 0 Å². The second-order valence-electron chi connectivity index (χ2n) is 3.73. The smallest absolute Gasteiger partial charge is 0.0175 e. The van der Waals surface area contributed by atoms with Gasteiger partial charge in [0.1, 0.15) is 0 Å². The van der Waals surface area contributed by atoms with Crippen LogP contribution in [0.3, 0.4) is 0 Å². The molecule has 0 bridgehead atoms.